The molecule has 1 aliphatic heterocycles. The lowest BCUT2D eigenvalue weighted by atomic mass is 10.0. The zero-order valence-corrected chi connectivity index (χ0v) is 12.6. The molecule has 2 unspecified atom stereocenters. The third kappa shape index (κ3) is 3.85. The topological polar surface area (TPSA) is 81.1 Å². The number of aliphatic hydroxyl groups excluding tert-OH is 1. The van der Waals surface area contributed by atoms with E-state index in [1.54, 1.807) is 4.90 Å². The maximum Gasteiger partial charge on any atom is 0.326 e. The van der Waals surface area contributed by atoms with Crippen molar-refractivity contribution in [2.75, 3.05) is 19.6 Å². The van der Waals surface area contributed by atoms with Crippen molar-refractivity contribution in [2.45, 2.75) is 52.2 Å². The van der Waals surface area contributed by atoms with Gasteiger partial charge in [0.2, 0.25) is 0 Å². The molecule has 0 aliphatic carbocycles. The maximum absolute atomic E-state index is 12.5. The minimum Gasteiger partial charge on any atom is -0.480 e. The van der Waals surface area contributed by atoms with E-state index in [1.807, 2.05) is 6.92 Å². The maximum atomic E-state index is 12.5. The summed E-state index contributed by atoms with van der Waals surface area (Å²) in [5, 5.41) is 18.8. The molecule has 1 saturated heterocycles. The van der Waals surface area contributed by atoms with Gasteiger partial charge in [-0.05, 0) is 12.8 Å². The molecule has 1 fully saturated rings. The fourth-order valence-electron chi connectivity index (χ4n) is 2.64. The highest BCUT2D eigenvalue weighted by atomic mass is 16.4. The molecule has 6 nitrogen and oxygen atoms in total. The highest BCUT2D eigenvalue weighted by molar-refractivity contribution is 5.83. The van der Waals surface area contributed by atoms with Crippen molar-refractivity contribution < 1.29 is 19.8 Å². The molecule has 0 bridgehead atoms. The number of carbonyl (C=O) groups excluding carboxylic acids is 1. The van der Waals surface area contributed by atoms with E-state index < -0.39 is 18.1 Å². The number of urea groups is 1. The Morgan fingerprint density at radius 3 is 2.35 bits per heavy atom. The van der Waals surface area contributed by atoms with Crippen molar-refractivity contribution in [3.05, 3.63) is 0 Å². The largest absolute Gasteiger partial charge is 0.480 e. The highest BCUT2D eigenvalue weighted by Gasteiger charge is 2.40. The smallest absolute Gasteiger partial charge is 0.326 e. The summed E-state index contributed by atoms with van der Waals surface area (Å²) >= 11 is 0. The summed E-state index contributed by atoms with van der Waals surface area (Å²) in [7, 11) is 0. The normalized spacial score (nSPS) is 22.4. The van der Waals surface area contributed by atoms with Gasteiger partial charge in [-0.15, -0.1) is 0 Å². The Balaban J connectivity index is 2.76. The zero-order chi connectivity index (χ0) is 15.3. The van der Waals surface area contributed by atoms with Gasteiger partial charge >= 0.3 is 12.0 Å². The van der Waals surface area contributed by atoms with Crippen molar-refractivity contribution in [3.8, 4) is 0 Å². The average Bonchev–Trinajstić information content (AvgIpc) is 2.82. The van der Waals surface area contributed by atoms with Gasteiger partial charge in [0.15, 0.2) is 0 Å². The number of carboxylic acid groups (broad SMARTS) is 1. The first-order chi connectivity index (χ1) is 9.44. The first kappa shape index (κ1) is 16.8. The van der Waals surface area contributed by atoms with E-state index in [4.69, 9.17) is 5.11 Å². The molecule has 2 N–H and O–H groups in total. The lowest BCUT2D eigenvalue weighted by molar-refractivity contribution is -0.141. The Kier molecular flexibility index (Phi) is 6.26. The lowest BCUT2D eigenvalue weighted by Gasteiger charge is -2.31. The predicted octanol–water partition coefficient (Wildman–Crippen LogP) is 1.38. The molecule has 2 amide bonds. The van der Waals surface area contributed by atoms with Crippen LogP contribution in [0.5, 0.6) is 0 Å². The van der Waals surface area contributed by atoms with Crippen LogP contribution in [-0.2, 0) is 4.79 Å². The third-order valence-electron chi connectivity index (χ3n) is 4.10. The second kappa shape index (κ2) is 7.47. The summed E-state index contributed by atoms with van der Waals surface area (Å²) < 4.78 is 0. The standard InChI is InChI=1S/C14H26N2O4/c1-4-10(5-2)8-15(6-3)14(20)16-9-11(17)7-12(16)13(18)19/h10-12,17H,4-9H2,1-3H3,(H,18,19). The SMILES string of the molecule is CCC(CC)CN(CC)C(=O)N1CC(O)CC1C(=O)O. The van der Waals surface area contributed by atoms with Gasteiger partial charge in [-0.2, -0.15) is 0 Å². The Labute approximate surface area is 120 Å². The van der Waals surface area contributed by atoms with Crippen molar-refractivity contribution in [1.82, 2.24) is 9.80 Å². The Bertz CT molecular complexity index is 344. The van der Waals surface area contributed by atoms with E-state index in [1.165, 1.54) is 4.90 Å². The second-order valence-corrected chi connectivity index (χ2v) is 5.40. The number of carboxylic acids is 1. The van der Waals surface area contributed by atoms with Gasteiger partial charge in [0.05, 0.1) is 6.10 Å². The van der Waals surface area contributed by atoms with Crippen LogP contribution >= 0.6 is 0 Å². The van der Waals surface area contributed by atoms with E-state index in [2.05, 4.69) is 13.8 Å². The van der Waals surface area contributed by atoms with E-state index in [0.717, 1.165) is 12.8 Å². The van der Waals surface area contributed by atoms with Crippen molar-refractivity contribution in [2.24, 2.45) is 5.92 Å². The molecule has 1 aliphatic rings. The molecule has 0 spiro atoms. The lowest BCUT2D eigenvalue weighted by Crippen LogP contribution is -2.49. The number of aliphatic hydroxyl groups is 1. The van der Waals surface area contributed by atoms with Gasteiger partial charge < -0.3 is 20.0 Å². The van der Waals surface area contributed by atoms with Crippen LogP contribution in [0.1, 0.15) is 40.0 Å². The summed E-state index contributed by atoms with van der Waals surface area (Å²) in [4.78, 5) is 26.6. The summed E-state index contributed by atoms with van der Waals surface area (Å²) in [5.74, 6) is -0.622. The van der Waals surface area contributed by atoms with Crippen LogP contribution < -0.4 is 0 Å². The number of β-amino-alcohol motifs (C(OH)–C–C–N with tert-alkyl or cyclic N) is 1. The molecule has 20 heavy (non-hydrogen) atoms. The number of hydrogen-bond donors (Lipinski definition) is 2. The monoisotopic (exact) mass is 286 g/mol. The van der Waals surface area contributed by atoms with Gasteiger partial charge in [-0.1, -0.05) is 26.7 Å². The first-order valence-electron chi connectivity index (χ1n) is 7.40. The fourth-order valence-corrected chi connectivity index (χ4v) is 2.64. The number of rotatable bonds is 6. The molecule has 0 aromatic rings. The fraction of sp³-hybridized carbons (Fsp3) is 0.857. The van der Waals surface area contributed by atoms with E-state index in [0.29, 0.717) is 19.0 Å². The van der Waals surface area contributed by atoms with Crippen LogP contribution in [0.2, 0.25) is 0 Å². The van der Waals surface area contributed by atoms with Gasteiger partial charge in [0, 0.05) is 26.1 Å². The molecule has 6 heteroatoms. The van der Waals surface area contributed by atoms with Crippen molar-refractivity contribution >= 4 is 12.0 Å². The Morgan fingerprint density at radius 2 is 1.90 bits per heavy atom. The molecular formula is C14H26N2O4. The summed E-state index contributed by atoms with van der Waals surface area (Å²) in [6.07, 6.45) is 1.35. The molecular weight excluding hydrogens is 260 g/mol. The van der Waals surface area contributed by atoms with Crippen LogP contribution in [0, 0.1) is 5.92 Å². The van der Waals surface area contributed by atoms with E-state index >= 15 is 0 Å². The minimum atomic E-state index is -1.05. The highest BCUT2D eigenvalue weighted by Crippen LogP contribution is 2.21. The van der Waals surface area contributed by atoms with Crippen LogP contribution in [0.25, 0.3) is 0 Å². The van der Waals surface area contributed by atoms with Crippen LogP contribution in [-0.4, -0.2) is 63.8 Å². The van der Waals surface area contributed by atoms with Gasteiger partial charge in [-0.3, -0.25) is 0 Å². The Morgan fingerprint density at radius 1 is 1.30 bits per heavy atom. The van der Waals surface area contributed by atoms with Crippen LogP contribution in [0.4, 0.5) is 4.79 Å². The van der Waals surface area contributed by atoms with Gasteiger partial charge in [-0.25, -0.2) is 9.59 Å². The van der Waals surface area contributed by atoms with Gasteiger partial charge in [0.1, 0.15) is 6.04 Å². The molecule has 1 rings (SSSR count). The number of likely N-dealkylation sites (tertiary alicyclic amines) is 1. The van der Waals surface area contributed by atoms with Crippen molar-refractivity contribution in [1.29, 1.82) is 0 Å². The van der Waals surface area contributed by atoms with Crippen LogP contribution in [0.15, 0.2) is 0 Å². The number of nitrogens with zero attached hydrogens (tertiary/aromatic N) is 2. The predicted molar refractivity (Wildman–Crippen MR) is 75.5 cm³/mol. The average molecular weight is 286 g/mol. The molecule has 0 radical (unpaired) electrons. The number of amides is 2. The molecule has 0 aromatic carbocycles. The molecule has 2 atom stereocenters. The van der Waals surface area contributed by atoms with Gasteiger partial charge in [0.25, 0.3) is 0 Å². The molecule has 116 valence electrons. The van der Waals surface area contributed by atoms with E-state index in [9.17, 15) is 14.7 Å². The van der Waals surface area contributed by atoms with Crippen molar-refractivity contribution in [3.63, 3.8) is 0 Å². The zero-order valence-electron chi connectivity index (χ0n) is 12.6. The summed E-state index contributed by atoms with van der Waals surface area (Å²) in [5.41, 5.74) is 0. The Hall–Kier alpha value is -1.30. The third-order valence-corrected chi connectivity index (χ3v) is 4.10. The summed E-state index contributed by atoms with van der Waals surface area (Å²) in [6, 6.07) is -1.18. The number of aliphatic carboxylic acids is 1. The molecule has 0 saturated carbocycles. The number of hydrogen-bond acceptors (Lipinski definition) is 3. The molecule has 1 heterocycles. The second-order valence-electron chi connectivity index (χ2n) is 5.40. The first-order valence-corrected chi connectivity index (χ1v) is 7.40. The molecule has 0 aromatic heterocycles. The number of carbonyl (C=O) groups is 2. The van der Waals surface area contributed by atoms with Crippen LogP contribution in [0.3, 0.4) is 0 Å². The minimum absolute atomic E-state index is 0.106. The summed E-state index contributed by atoms with van der Waals surface area (Å²) in [6.45, 7) is 7.37. The quantitative estimate of drug-likeness (QED) is 0.773. The van der Waals surface area contributed by atoms with E-state index in [-0.39, 0.29) is 19.0 Å².